The smallest absolute Gasteiger partial charge is 0.188 e. The van der Waals surface area contributed by atoms with Gasteiger partial charge < -0.3 is 5.32 Å². The number of hydrogen-bond acceptors (Lipinski definition) is 3. The van der Waals surface area contributed by atoms with Crippen molar-refractivity contribution in [2.75, 3.05) is 5.32 Å². The predicted molar refractivity (Wildman–Crippen MR) is 73.6 cm³/mol. The van der Waals surface area contributed by atoms with Crippen molar-refractivity contribution in [2.24, 2.45) is 0 Å². The van der Waals surface area contributed by atoms with Gasteiger partial charge in [0.15, 0.2) is 5.13 Å². The Morgan fingerprint density at radius 2 is 1.94 bits per heavy atom. The van der Waals surface area contributed by atoms with Gasteiger partial charge in [0.05, 0.1) is 0 Å². The number of rotatable bonds is 3. The largest absolute Gasteiger partial charge is 0.332 e. The highest BCUT2D eigenvalue weighted by atomic mass is 79.9. The molecule has 0 unspecified atom stereocenters. The molecule has 4 heteroatoms. The number of halogens is 1. The second-order valence-corrected chi connectivity index (χ2v) is 5.55. The van der Waals surface area contributed by atoms with Gasteiger partial charge in [-0.05, 0) is 39.5 Å². The highest BCUT2D eigenvalue weighted by Crippen LogP contribution is 2.24. The highest BCUT2D eigenvalue weighted by molar-refractivity contribution is 9.10. The molecule has 2 nitrogen and oxygen atoms in total. The topological polar surface area (TPSA) is 24.9 Å². The van der Waals surface area contributed by atoms with Gasteiger partial charge in [0.2, 0.25) is 0 Å². The lowest BCUT2D eigenvalue weighted by Gasteiger charge is -2.07. The summed E-state index contributed by atoms with van der Waals surface area (Å²) in [5.41, 5.74) is 2.43. The van der Waals surface area contributed by atoms with Gasteiger partial charge in [0, 0.05) is 11.1 Å². The quantitative estimate of drug-likeness (QED) is 0.882. The fourth-order valence-electron chi connectivity index (χ4n) is 1.39. The molecule has 0 saturated heterocycles. The molecular formula is C12H13BrN2S. The van der Waals surface area contributed by atoms with Crippen LogP contribution in [0.5, 0.6) is 0 Å². The van der Waals surface area contributed by atoms with Gasteiger partial charge in [0.1, 0.15) is 4.60 Å². The third-order valence-electron chi connectivity index (χ3n) is 2.30. The van der Waals surface area contributed by atoms with E-state index in [9.17, 15) is 0 Å². The lowest BCUT2D eigenvalue weighted by atomic mass is 10.0. The summed E-state index contributed by atoms with van der Waals surface area (Å²) in [5.74, 6) is 0.572. The Bertz CT molecular complexity index is 462. The van der Waals surface area contributed by atoms with Crippen LogP contribution in [0.3, 0.4) is 0 Å². The molecule has 0 aliphatic heterocycles. The van der Waals surface area contributed by atoms with Gasteiger partial charge in [-0.3, -0.25) is 0 Å². The number of benzene rings is 1. The maximum Gasteiger partial charge on any atom is 0.188 e. The minimum Gasteiger partial charge on any atom is -0.332 e. The van der Waals surface area contributed by atoms with Crippen LogP contribution >= 0.6 is 27.3 Å². The van der Waals surface area contributed by atoms with Crippen molar-refractivity contribution in [3.63, 3.8) is 0 Å². The van der Waals surface area contributed by atoms with Gasteiger partial charge in [-0.25, -0.2) is 4.98 Å². The van der Waals surface area contributed by atoms with Gasteiger partial charge in [-0.1, -0.05) is 26.0 Å². The Morgan fingerprint density at radius 3 is 2.44 bits per heavy atom. The van der Waals surface area contributed by atoms with Gasteiger partial charge in [0.25, 0.3) is 0 Å². The Balaban J connectivity index is 2.11. The molecular weight excluding hydrogens is 284 g/mol. The van der Waals surface area contributed by atoms with Crippen LogP contribution in [-0.4, -0.2) is 4.98 Å². The number of nitrogens with one attached hydrogen (secondary N) is 1. The first kappa shape index (κ1) is 11.6. The van der Waals surface area contributed by atoms with E-state index in [4.69, 9.17) is 0 Å². The molecule has 0 aliphatic rings. The van der Waals surface area contributed by atoms with E-state index in [-0.39, 0.29) is 0 Å². The minimum absolute atomic E-state index is 0.572. The summed E-state index contributed by atoms with van der Waals surface area (Å²) in [4.78, 5) is 4.29. The first-order chi connectivity index (χ1) is 7.65. The number of anilines is 2. The Kier molecular flexibility index (Phi) is 3.61. The van der Waals surface area contributed by atoms with Crippen molar-refractivity contribution in [3.05, 3.63) is 39.8 Å². The van der Waals surface area contributed by atoms with Gasteiger partial charge in [-0.15, -0.1) is 11.3 Å². The van der Waals surface area contributed by atoms with Crippen LogP contribution in [0, 0.1) is 0 Å². The molecule has 2 rings (SSSR count). The van der Waals surface area contributed by atoms with Crippen LogP contribution in [0.25, 0.3) is 0 Å². The predicted octanol–water partition coefficient (Wildman–Crippen LogP) is 4.77. The average molecular weight is 297 g/mol. The second kappa shape index (κ2) is 4.97. The summed E-state index contributed by atoms with van der Waals surface area (Å²) < 4.78 is 0.874. The van der Waals surface area contributed by atoms with Crippen molar-refractivity contribution in [1.29, 1.82) is 0 Å². The number of hydrogen-bond donors (Lipinski definition) is 1. The monoisotopic (exact) mass is 296 g/mol. The van der Waals surface area contributed by atoms with Crippen molar-refractivity contribution in [2.45, 2.75) is 19.8 Å². The van der Waals surface area contributed by atoms with Crippen molar-refractivity contribution in [1.82, 2.24) is 4.98 Å². The van der Waals surface area contributed by atoms with E-state index in [1.165, 1.54) is 5.56 Å². The van der Waals surface area contributed by atoms with Crippen LogP contribution in [-0.2, 0) is 0 Å². The van der Waals surface area contributed by atoms with E-state index in [0.717, 1.165) is 15.4 Å². The third kappa shape index (κ3) is 2.83. The van der Waals surface area contributed by atoms with E-state index in [2.05, 4.69) is 64.3 Å². The molecule has 0 radical (unpaired) electrons. The summed E-state index contributed by atoms with van der Waals surface area (Å²) >= 11 is 4.92. The molecule has 16 heavy (non-hydrogen) atoms. The molecule has 1 N–H and O–H groups in total. The number of thiazole rings is 1. The zero-order valence-electron chi connectivity index (χ0n) is 9.20. The highest BCUT2D eigenvalue weighted by Gasteiger charge is 2.01. The Morgan fingerprint density at radius 1 is 1.25 bits per heavy atom. The molecule has 0 amide bonds. The summed E-state index contributed by atoms with van der Waals surface area (Å²) in [6.07, 6.45) is 0. The molecule has 2 aromatic rings. The fourth-order valence-corrected chi connectivity index (χ4v) is 2.55. The summed E-state index contributed by atoms with van der Waals surface area (Å²) in [6.45, 7) is 4.39. The van der Waals surface area contributed by atoms with E-state index in [1.807, 2.05) is 5.38 Å². The summed E-state index contributed by atoms with van der Waals surface area (Å²) in [7, 11) is 0. The van der Waals surface area contributed by atoms with Crippen LogP contribution in [0.1, 0.15) is 25.3 Å². The standard InChI is InChI=1S/C12H13BrN2S/c1-8(2)9-3-5-10(6-4-9)14-12-15-11(13)7-16-12/h3-8H,1-2H3,(H,14,15). The maximum atomic E-state index is 4.29. The zero-order chi connectivity index (χ0) is 11.5. The normalized spacial score (nSPS) is 10.8. The first-order valence-corrected chi connectivity index (χ1v) is 6.80. The van der Waals surface area contributed by atoms with Gasteiger partial charge >= 0.3 is 0 Å². The minimum atomic E-state index is 0.572. The lowest BCUT2D eigenvalue weighted by Crippen LogP contribution is -1.91. The van der Waals surface area contributed by atoms with Gasteiger partial charge in [-0.2, -0.15) is 0 Å². The molecule has 1 aromatic carbocycles. The SMILES string of the molecule is CC(C)c1ccc(Nc2nc(Br)cs2)cc1. The Labute approximate surface area is 108 Å². The maximum absolute atomic E-state index is 4.29. The molecule has 1 aromatic heterocycles. The van der Waals surface area contributed by atoms with E-state index >= 15 is 0 Å². The van der Waals surface area contributed by atoms with E-state index in [0.29, 0.717) is 5.92 Å². The van der Waals surface area contributed by atoms with Crippen LogP contribution in [0.15, 0.2) is 34.2 Å². The number of nitrogens with zero attached hydrogens (tertiary/aromatic N) is 1. The van der Waals surface area contributed by atoms with Crippen LogP contribution in [0.4, 0.5) is 10.8 Å². The lowest BCUT2D eigenvalue weighted by molar-refractivity contribution is 0.867. The van der Waals surface area contributed by atoms with E-state index < -0.39 is 0 Å². The zero-order valence-corrected chi connectivity index (χ0v) is 11.6. The van der Waals surface area contributed by atoms with Crippen LogP contribution < -0.4 is 5.32 Å². The Hall–Kier alpha value is -0.870. The van der Waals surface area contributed by atoms with Crippen molar-refractivity contribution < 1.29 is 0 Å². The molecule has 0 aliphatic carbocycles. The first-order valence-electron chi connectivity index (χ1n) is 5.13. The molecule has 0 saturated carbocycles. The fraction of sp³-hybridized carbons (Fsp3) is 0.250. The average Bonchev–Trinajstić information content (AvgIpc) is 2.65. The summed E-state index contributed by atoms with van der Waals surface area (Å²) in [6, 6.07) is 8.47. The van der Waals surface area contributed by atoms with E-state index in [1.54, 1.807) is 11.3 Å². The second-order valence-electron chi connectivity index (χ2n) is 3.88. The molecule has 0 fully saturated rings. The number of aromatic nitrogens is 1. The van der Waals surface area contributed by atoms with Crippen molar-refractivity contribution in [3.8, 4) is 0 Å². The molecule has 1 heterocycles. The third-order valence-corrected chi connectivity index (χ3v) is 3.77. The summed E-state index contributed by atoms with van der Waals surface area (Å²) in [5, 5.41) is 6.14. The molecule has 0 atom stereocenters. The molecule has 0 bridgehead atoms. The molecule has 0 spiro atoms. The molecule has 84 valence electrons. The van der Waals surface area contributed by atoms with Crippen LogP contribution in [0.2, 0.25) is 0 Å². The van der Waals surface area contributed by atoms with Crippen molar-refractivity contribution >= 4 is 38.1 Å².